The van der Waals surface area contributed by atoms with E-state index in [-0.39, 0.29) is 0 Å². The van der Waals surface area contributed by atoms with E-state index in [0.29, 0.717) is 18.1 Å². The Bertz CT molecular complexity index is 361. The molecule has 100 valence electrons. The summed E-state index contributed by atoms with van der Waals surface area (Å²) in [5.41, 5.74) is 0. The van der Waals surface area contributed by atoms with Gasteiger partial charge in [-0.1, -0.05) is 0 Å². The summed E-state index contributed by atoms with van der Waals surface area (Å²) < 4.78 is 7.63. The number of nitrogens with one attached hydrogen (secondary N) is 1. The molecule has 2 saturated carbocycles. The van der Waals surface area contributed by atoms with Crippen molar-refractivity contribution >= 4 is 0 Å². The average molecular weight is 249 g/mol. The van der Waals surface area contributed by atoms with Gasteiger partial charge < -0.3 is 14.6 Å². The number of hydrogen-bond acceptors (Lipinski definition) is 3. The second kappa shape index (κ2) is 5.41. The molecule has 1 heterocycles. The number of rotatable bonds is 6. The topological polar surface area (TPSA) is 39.1 Å². The van der Waals surface area contributed by atoms with Gasteiger partial charge in [-0.3, -0.25) is 0 Å². The first kappa shape index (κ1) is 12.2. The lowest BCUT2D eigenvalue weighted by molar-refractivity contribution is 0.147. The minimum Gasteiger partial charge on any atom is -0.383 e. The lowest BCUT2D eigenvalue weighted by Crippen LogP contribution is -2.44. The van der Waals surface area contributed by atoms with E-state index < -0.39 is 0 Å². The molecular weight excluding hydrogens is 226 g/mol. The lowest BCUT2D eigenvalue weighted by Gasteiger charge is -2.27. The lowest BCUT2D eigenvalue weighted by atomic mass is 10.1. The third-order valence-corrected chi connectivity index (χ3v) is 4.35. The van der Waals surface area contributed by atoms with Crippen LogP contribution in [0.15, 0.2) is 18.7 Å². The van der Waals surface area contributed by atoms with Crippen LogP contribution in [-0.4, -0.2) is 35.4 Å². The van der Waals surface area contributed by atoms with Gasteiger partial charge in [-0.25, -0.2) is 4.98 Å². The maximum atomic E-state index is 5.36. The zero-order valence-corrected chi connectivity index (χ0v) is 11.1. The highest BCUT2D eigenvalue weighted by molar-refractivity contribution is 4.96. The maximum absolute atomic E-state index is 5.36. The van der Waals surface area contributed by atoms with Crippen LogP contribution in [0.25, 0.3) is 0 Å². The first-order valence-electron chi connectivity index (χ1n) is 7.11. The van der Waals surface area contributed by atoms with Crippen LogP contribution in [0.1, 0.15) is 38.1 Å². The van der Waals surface area contributed by atoms with Crippen molar-refractivity contribution in [1.82, 2.24) is 14.9 Å². The Hall–Kier alpha value is -0.870. The standard InChI is InChI=1S/C14H23N3O/c1-18-9-13(11-5-6-11)16-12-3-2-4-14(12)17-8-7-15-10-17/h7-8,10-14,16H,2-6,9H2,1H3. The zero-order chi connectivity index (χ0) is 12.4. The third kappa shape index (κ3) is 2.59. The molecule has 2 aliphatic rings. The molecule has 0 spiro atoms. The molecule has 0 saturated heterocycles. The van der Waals surface area contributed by atoms with Crippen molar-refractivity contribution in [2.45, 2.75) is 50.2 Å². The highest BCUT2D eigenvalue weighted by atomic mass is 16.5. The number of aromatic nitrogens is 2. The fraction of sp³-hybridized carbons (Fsp3) is 0.786. The molecule has 0 amide bonds. The predicted molar refractivity (Wildman–Crippen MR) is 70.4 cm³/mol. The first-order valence-corrected chi connectivity index (χ1v) is 7.11. The van der Waals surface area contributed by atoms with E-state index in [0.717, 1.165) is 12.5 Å². The number of methoxy groups -OCH3 is 1. The predicted octanol–water partition coefficient (Wildman–Crippen LogP) is 1.99. The van der Waals surface area contributed by atoms with Gasteiger partial charge in [-0.2, -0.15) is 0 Å². The minimum atomic E-state index is 0.545. The Balaban J connectivity index is 1.63. The van der Waals surface area contributed by atoms with E-state index in [1.807, 2.05) is 12.5 Å². The third-order valence-electron chi connectivity index (χ3n) is 4.35. The van der Waals surface area contributed by atoms with Crippen molar-refractivity contribution < 1.29 is 4.74 Å². The second-order valence-electron chi connectivity index (χ2n) is 5.68. The van der Waals surface area contributed by atoms with Gasteiger partial charge in [0.05, 0.1) is 12.9 Å². The Labute approximate surface area is 109 Å². The van der Waals surface area contributed by atoms with Crippen LogP contribution < -0.4 is 5.32 Å². The molecule has 0 aliphatic heterocycles. The molecule has 1 aromatic heterocycles. The minimum absolute atomic E-state index is 0.545. The highest BCUT2D eigenvalue weighted by Gasteiger charge is 2.36. The van der Waals surface area contributed by atoms with E-state index in [2.05, 4.69) is 21.1 Å². The molecule has 2 fully saturated rings. The van der Waals surface area contributed by atoms with Crippen LogP contribution >= 0.6 is 0 Å². The molecule has 3 unspecified atom stereocenters. The highest BCUT2D eigenvalue weighted by Crippen LogP contribution is 2.36. The summed E-state index contributed by atoms with van der Waals surface area (Å²) in [4.78, 5) is 4.17. The van der Waals surface area contributed by atoms with Gasteiger partial charge in [-0.15, -0.1) is 0 Å². The molecule has 18 heavy (non-hydrogen) atoms. The second-order valence-corrected chi connectivity index (χ2v) is 5.68. The van der Waals surface area contributed by atoms with Crippen LogP contribution in [0.5, 0.6) is 0 Å². The van der Waals surface area contributed by atoms with Crippen molar-refractivity contribution in [3.05, 3.63) is 18.7 Å². The summed E-state index contributed by atoms with van der Waals surface area (Å²) in [6.07, 6.45) is 12.5. The number of imidazole rings is 1. The number of nitrogens with zero attached hydrogens (tertiary/aromatic N) is 2. The average Bonchev–Trinajstić information content (AvgIpc) is 2.90. The molecule has 1 aromatic rings. The van der Waals surface area contributed by atoms with Crippen LogP contribution in [0, 0.1) is 5.92 Å². The van der Waals surface area contributed by atoms with Gasteiger partial charge in [0.15, 0.2) is 0 Å². The van der Waals surface area contributed by atoms with Crippen molar-refractivity contribution in [2.75, 3.05) is 13.7 Å². The van der Waals surface area contributed by atoms with Gasteiger partial charge in [0.2, 0.25) is 0 Å². The molecular formula is C14H23N3O. The van der Waals surface area contributed by atoms with Crippen LogP contribution in [0.2, 0.25) is 0 Å². The fourth-order valence-electron chi connectivity index (χ4n) is 3.23. The van der Waals surface area contributed by atoms with Gasteiger partial charge in [0.25, 0.3) is 0 Å². The summed E-state index contributed by atoms with van der Waals surface area (Å²) in [6, 6.07) is 1.70. The molecule has 3 rings (SSSR count). The molecule has 0 radical (unpaired) electrons. The largest absolute Gasteiger partial charge is 0.383 e. The van der Waals surface area contributed by atoms with Gasteiger partial charge >= 0.3 is 0 Å². The summed E-state index contributed by atoms with van der Waals surface area (Å²) in [5, 5.41) is 3.84. The molecule has 4 nitrogen and oxygen atoms in total. The van der Waals surface area contributed by atoms with E-state index in [9.17, 15) is 0 Å². The van der Waals surface area contributed by atoms with Gasteiger partial charge in [0, 0.05) is 37.6 Å². The molecule has 0 bridgehead atoms. The number of ether oxygens (including phenoxy) is 1. The van der Waals surface area contributed by atoms with Crippen molar-refractivity contribution in [3.8, 4) is 0 Å². The van der Waals surface area contributed by atoms with E-state index in [1.54, 1.807) is 7.11 Å². The van der Waals surface area contributed by atoms with Crippen LogP contribution in [-0.2, 0) is 4.74 Å². The van der Waals surface area contributed by atoms with Crippen LogP contribution in [0.4, 0.5) is 0 Å². The monoisotopic (exact) mass is 249 g/mol. The van der Waals surface area contributed by atoms with E-state index in [4.69, 9.17) is 4.74 Å². The molecule has 3 atom stereocenters. The Morgan fingerprint density at radius 3 is 2.94 bits per heavy atom. The molecule has 0 aromatic carbocycles. The quantitative estimate of drug-likeness (QED) is 0.838. The smallest absolute Gasteiger partial charge is 0.0949 e. The molecule has 2 aliphatic carbocycles. The fourth-order valence-corrected chi connectivity index (χ4v) is 3.23. The Morgan fingerprint density at radius 1 is 1.39 bits per heavy atom. The Kier molecular flexibility index (Phi) is 3.66. The summed E-state index contributed by atoms with van der Waals surface area (Å²) in [6.45, 7) is 0.845. The molecule has 1 N–H and O–H groups in total. The zero-order valence-electron chi connectivity index (χ0n) is 11.1. The maximum Gasteiger partial charge on any atom is 0.0949 e. The van der Waals surface area contributed by atoms with E-state index >= 15 is 0 Å². The summed E-state index contributed by atoms with van der Waals surface area (Å²) >= 11 is 0. The van der Waals surface area contributed by atoms with Gasteiger partial charge in [-0.05, 0) is 38.0 Å². The Morgan fingerprint density at radius 2 is 2.28 bits per heavy atom. The summed E-state index contributed by atoms with van der Waals surface area (Å²) in [7, 11) is 1.80. The number of hydrogen-bond donors (Lipinski definition) is 1. The normalized spacial score (nSPS) is 29.6. The first-order chi connectivity index (χ1) is 8.88. The summed E-state index contributed by atoms with van der Waals surface area (Å²) in [5.74, 6) is 0.842. The van der Waals surface area contributed by atoms with Gasteiger partial charge in [0.1, 0.15) is 0 Å². The molecule has 4 heteroatoms. The van der Waals surface area contributed by atoms with Crippen LogP contribution in [0.3, 0.4) is 0 Å². The van der Waals surface area contributed by atoms with Crippen molar-refractivity contribution in [2.24, 2.45) is 5.92 Å². The SMILES string of the molecule is COCC(NC1CCCC1n1ccnc1)C1CC1. The van der Waals surface area contributed by atoms with E-state index in [1.165, 1.54) is 32.1 Å². The van der Waals surface area contributed by atoms with Crippen molar-refractivity contribution in [1.29, 1.82) is 0 Å². The van der Waals surface area contributed by atoms with Crippen molar-refractivity contribution in [3.63, 3.8) is 0 Å².